The van der Waals surface area contributed by atoms with Gasteiger partial charge < -0.3 is 9.80 Å². The molecule has 1 aromatic rings. The second-order valence-corrected chi connectivity index (χ2v) is 9.77. The Balaban J connectivity index is 1.28. The number of likely N-dealkylation sites (N-methyl/N-ethyl adjacent to an activating group) is 2. The van der Waals surface area contributed by atoms with Crippen LogP contribution >= 0.6 is 0 Å². The molecule has 4 aliphatic rings. The molecule has 4 heterocycles. The zero-order chi connectivity index (χ0) is 24.0. The third-order valence-electron chi connectivity index (χ3n) is 7.57. The summed E-state index contributed by atoms with van der Waals surface area (Å²) in [7, 11) is 4.10. The Labute approximate surface area is 199 Å². The van der Waals surface area contributed by atoms with Crippen LogP contribution < -0.4 is 9.80 Å². The van der Waals surface area contributed by atoms with E-state index >= 15 is 0 Å². The fraction of sp³-hybridized carbons (Fsp3) is 0.583. The molecule has 0 aromatic heterocycles. The van der Waals surface area contributed by atoms with E-state index in [1.165, 1.54) is 9.80 Å². The molecule has 0 bridgehead atoms. The number of piperazine rings is 2. The van der Waals surface area contributed by atoms with Crippen LogP contribution in [0.25, 0.3) is 0 Å². The second-order valence-electron chi connectivity index (χ2n) is 9.77. The van der Waals surface area contributed by atoms with Gasteiger partial charge in [-0.15, -0.1) is 0 Å². The van der Waals surface area contributed by atoms with Gasteiger partial charge in [0.15, 0.2) is 0 Å². The van der Waals surface area contributed by atoms with E-state index in [2.05, 4.69) is 33.7 Å². The van der Waals surface area contributed by atoms with Gasteiger partial charge in [0.25, 0.3) is 11.8 Å². The number of carbonyl (C=O) groups is 4. The van der Waals surface area contributed by atoms with E-state index < -0.39 is 12.1 Å². The summed E-state index contributed by atoms with van der Waals surface area (Å²) < 4.78 is 0. The van der Waals surface area contributed by atoms with Crippen molar-refractivity contribution in [1.29, 1.82) is 0 Å². The van der Waals surface area contributed by atoms with Crippen molar-refractivity contribution in [2.45, 2.75) is 24.9 Å². The van der Waals surface area contributed by atoms with Crippen molar-refractivity contribution in [3.05, 3.63) is 24.3 Å². The Morgan fingerprint density at radius 2 is 0.882 bits per heavy atom. The number of rotatable bonds is 4. The molecule has 4 saturated heterocycles. The number of anilines is 2. The fourth-order valence-corrected chi connectivity index (χ4v) is 5.36. The van der Waals surface area contributed by atoms with Gasteiger partial charge in [-0.1, -0.05) is 0 Å². The minimum absolute atomic E-state index is 0.181. The molecule has 0 saturated carbocycles. The van der Waals surface area contributed by atoms with Gasteiger partial charge in [0.05, 0.1) is 36.3 Å². The minimum atomic E-state index is -0.424. The summed E-state index contributed by atoms with van der Waals surface area (Å²) in [6, 6.07) is 5.77. The molecule has 0 unspecified atom stereocenters. The molecule has 4 aliphatic heterocycles. The quantitative estimate of drug-likeness (QED) is 0.544. The highest BCUT2D eigenvalue weighted by molar-refractivity contribution is 6.24. The molecular weight excluding hydrogens is 436 g/mol. The van der Waals surface area contributed by atoms with E-state index in [-0.39, 0.29) is 36.5 Å². The van der Waals surface area contributed by atoms with Crippen LogP contribution in [0.3, 0.4) is 0 Å². The molecule has 0 radical (unpaired) electrons. The summed E-state index contributed by atoms with van der Waals surface area (Å²) >= 11 is 0. The lowest BCUT2D eigenvalue weighted by Crippen LogP contribution is -2.51. The number of carbonyl (C=O) groups excluding carboxylic acids is 4. The first kappa shape index (κ1) is 23.1. The van der Waals surface area contributed by atoms with Gasteiger partial charge in [-0.05, 0) is 38.4 Å². The third-order valence-corrected chi connectivity index (χ3v) is 7.57. The molecule has 182 valence electrons. The minimum Gasteiger partial charge on any atom is -0.304 e. The van der Waals surface area contributed by atoms with Crippen LogP contribution in [-0.2, 0) is 19.2 Å². The highest BCUT2D eigenvalue weighted by Crippen LogP contribution is 2.31. The molecule has 34 heavy (non-hydrogen) atoms. The van der Waals surface area contributed by atoms with Crippen molar-refractivity contribution in [3.63, 3.8) is 0 Å². The van der Waals surface area contributed by atoms with E-state index in [4.69, 9.17) is 0 Å². The highest BCUT2D eigenvalue weighted by Gasteiger charge is 2.45. The van der Waals surface area contributed by atoms with E-state index in [1.807, 2.05) is 0 Å². The third kappa shape index (κ3) is 4.15. The average Bonchev–Trinajstić information content (AvgIpc) is 3.29. The Bertz CT molecular complexity index is 903. The number of benzene rings is 1. The van der Waals surface area contributed by atoms with Gasteiger partial charge in [-0.25, -0.2) is 9.80 Å². The van der Waals surface area contributed by atoms with Crippen molar-refractivity contribution >= 4 is 35.0 Å². The van der Waals surface area contributed by atoms with Crippen LogP contribution in [0.2, 0.25) is 0 Å². The Kier molecular flexibility index (Phi) is 6.24. The molecule has 0 aliphatic carbocycles. The molecular formula is C24H32N6O4. The zero-order valence-electron chi connectivity index (χ0n) is 19.9. The maximum Gasteiger partial charge on any atom is 0.251 e. The molecule has 0 spiro atoms. The lowest BCUT2D eigenvalue weighted by atomic mass is 10.2. The van der Waals surface area contributed by atoms with Crippen LogP contribution in [0.5, 0.6) is 0 Å². The van der Waals surface area contributed by atoms with E-state index in [0.29, 0.717) is 11.4 Å². The molecule has 10 heteroatoms. The normalized spacial score (nSPS) is 28.5. The van der Waals surface area contributed by atoms with Crippen molar-refractivity contribution in [2.24, 2.45) is 0 Å². The van der Waals surface area contributed by atoms with E-state index in [0.717, 1.165) is 52.4 Å². The van der Waals surface area contributed by atoms with E-state index in [1.54, 1.807) is 24.3 Å². The molecule has 2 atom stereocenters. The summed E-state index contributed by atoms with van der Waals surface area (Å²) in [4.78, 5) is 62.8. The van der Waals surface area contributed by atoms with Gasteiger partial charge in [-0.3, -0.25) is 29.0 Å². The number of hydrogen-bond acceptors (Lipinski definition) is 8. The fourth-order valence-electron chi connectivity index (χ4n) is 5.36. The highest BCUT2D eigenvalue weighted by atomic mass is 16.2. The van der Waals surface area contributed by atoms with Gasteiger partial charge in [0.2, 0.25) is 11.8 Å². The smallest absolute Gasteiger partial charge is 0.251 e. The topological polar surface area (TPSA) is 87.7 Å². The van der Waals surface area contributed by atoms with Crippen LogP contribution in [0.15, 0.2) is 24.3 Å². The van der Waals surface area contributed by atoms with Crippen molar-refractivity contribution in [2.75, 3.05) is 76.3 Å². The predicted octanol–water partition coefficient (Wildman–Crippen LogP) is -0.555. The first-order chi connectivity index (χ1) is 16.3. The first-order valence-corrected chi connectivity index (χ1v) is 12.0. The number of amides is 4. The van der Waals surface area contributed by atoms with Crippen molar-refractivity contribution in [1.82, 2.24) is 19.6 Å². The molecule has 0 N–H and O–H groups in total. The lowest BCUT2D eigenvalue weighted by Gasteiger charge is -2.35. The lowest BCUT2D eigenvalue weighted by molar-refractivity contribution is -0.124. The summed E-state index contributed by atoms with van der Waals surface area (Å²) in [5.74, 6) is -0.841. The zero-order valence-corrected chi connectivity index (χ0v) is 19.9. The summed E-state index contributed by atoms with van der Waals surface area (Å²) in [6.45, 7) is 6.56. The van der Waals surface area contributed by atoms with Crippen LogP contribution in [0.4, 0.5) is 11.4 Å². The molecule has 5 rings (SSSR count). The second kappa shape index (κ2) is 9.18. The van der Waals surface area contributed by atoms with E-state index in [9.17, 15) is 19.2 Å². The molecule has 1 aromatic carbocycles. The van der Waals surface area contributed by atoms with Crippen LogP contribution in [-0.4, -0.2) is 122 Å². The molecule has 4 amide bonds. The van der Waals surface area contributed by atoms with Gasteiger partial charge >= 0.3 is 0 Å². The predicted molar refractivity (Wildman–Crippen MR) is 126 cm³/mol. The summed E-state index contributed by atoms with van der Waals surface area (Å²) in [5.41, 5.74) is 0.954. The number of hydrogen-bond donors (Lipinski definition) is 0. The van der Waals surface area contributed by atoms with Crippen molar-refractivity contribution in [3.8, 4) is 0 Å². The molecule has 10 nitrogen and oxygen atoms in total. The Morgan fingerprint density at radius 3 is 1.21 bits per heavy atom. The Hall–Kier alpha value is -2.66. The summed E-state index contributed by atoms with van der Waals surface area (Å²) in [5, 5.41) is 0. The monoisotopic (exact) mass is 468 g/mol. The van der Waals surface area contributed by atoms with Gasteiger partial charge in [0.1, 0.15) is 0 Å². The van der Waals surface area contributed by atoms with Gasteiger partial charge in [-0.2, -0.15) is 0 Å². The first-order valence-electron chi connectivity index (χ1n) is 12.0. The van der Waals surface area contributed by atoms with Gasteiger partial charge in [0, 0.05) is 52.4 Å². The largest absolute Gasteiger partial charge is 0.304 e. The molecule has 4 fully saturated rings. The maximum absolute atomic E-state index is 13.1. The van der Waals surface area contributed by atoms with Crippen LogP contribution in [0.1, 0.15) is 12.8 Å². The summed E-state index contributed by atoms with van der Waals surface area (Å²) in [6.07, 6.45) is 0.361. The van der Waals surface area contributed by atoms with Crippen LogP contribution in [0, 0.1) is 0 Å². The number of imide groups is 2. The Morgan fingerprint density at radius 1 is 0.559 bits per heavy atom. The van der Waals surface area contributed by atoms with Crippen molar-refractivity contribution < 1.29 is 19.2 Å². The maximum atomic E-state index is 13.1. The SMILES string of the molecule is CN1CCN([C@H]2CC(=O)N(c3ccc(N4C(=O)C[C@H](N5CCN(C)CC5)C4=O)cc3)C2=O)CC1. The average molecular weight is 469 g/mol. The number of nitrogens with zero attached hydrogens (tertiary/aromatic N) is 6. The standard InChI is InChI=1S/C24H32N6O4/c1-25-7-11-27(12-8-25)19-15-21(31)29(23(19)33)17-3-5-18(6-4-17)30-22(32)16-20(24(30)34)28-13-9-26(2)10-14-28/h3-6,19-20H,7-16H2,1-2H3/t19-,20-/m0/s1.